The van der Waals surface area contributed by atoms with Crippen LogP contribution in [0.3, 0.4) is 0 Å². The Bertz CT molecular complexity index is 388. The van der Waals surface area contributed by atoms with Crippen LogP contribution in [0, 0.1) is 13.8 Å². The summed E-state index contributed by atoms with van der Waals surface area (Å²) >= 11 is 0. The molecule has 1 aromatic carbocycles. The summed E-state index contributed by atoms with van der Waals surface area (Å²) in [5.41, 5.74) is 4.15. The van der Waals surface area contributed by atoms with Crippen molar-refractivity contribution < 1.29 is 0 Å². The van der Waals surface area contributed by atoms with Crippen LogP contribution in [0.15, 0.2) is 18.2 Å². The quantitative estimate of drug-likeness (QED) is 0.734. The summed E-state index contributed by atoms with van der Waals surface area (Å²) in [6, 6.07) is 8.02. The van der Waals surface area contributed by atoms with E-state index >= 15 is 0 Å². The SMILES string of the molecule is Cc1ccc(N2CC(C)N(C)C(C)C2)c(C)c1. The zero-order valence-electron chi connectivity index (χ0n) is 11.7. The zero-order chi connectivity index (χ0) is 12.6. The van der Waals surface area contributed by atoms with E-state index in [4.69, 9.17) is 0 Å². The second-order valence-electron chi connectivity index (χ2n) is 5.56. The maximum absolute atomic E-state index is 2.53. The summed E-state index contributed by atoms with van der Waals surface area (Å²) in [5, 5.41) is 0. The third-order valence-corrected chi connectivity index (χ3v) is 4.05. The Balaban J connectivity index is 2.23. The van der Waals surface area contributed by atoms with Gasteiger partial charge >= 0.3 is 0 Å². The first kappa shape index (κ1) is 12.4. The van der Waals surface area contributed by atoms with Gasteiger partial charge in [-0.3, -0.25) is 4.90 Å². The summed E-state index contributed by atoms with van der Waals surface area (Å²) in [7, 11) is 2.23. The van der Waals surface area contributed by atoms with E-state index in [0.29, 0.717) is 12.1 Å². The molecule has 2 heteroatoms. The first-order chi connectivity index (χ1) is 7.99. The second-order valence-corrected chi connectivity index (χ2v) is 5.56. The minimum absolute atomic E-state index is 0.624. The maximum Gasteiger partial charge on any atom is 0.0397 e. The Hall–Kier alpha value is -1.02. The number of aryl methyl sites for hydroxylation is 2. The van der Waals surface area contributed by atoms with Gasteiger partial charge in [0.05, 0.1) is 0 Å². The summed E-state index contributed by atoms with van der Waals surface area (Å²) in [5.74, 6) is 0. The average molecular weight is 232 g/mol. The van der Waals surface area contributed by atoms with Gasteiger partial charge in [-0.2, -0.15) is 0 Å². The highest BCUT2D eigenvalue weighted by Gasteiger charge is 2.26. The summed E-state index contributed by atoms with van der Waals surface area (Å²) in [6.07, 6.45) is 0. The van der Waals surface area contributed by atoms with E-state index in [1.54, 1.807) is 0 Å². The van der Waals surface area contributed by atoms with E-state index in [0.717, 1.165) is 13.1 Å². The van der Waals surface area contributed by atoms with E-state index < -0.39 is 0 Å². The molecule has 2 nitrogen and oxygen atoms in total. The van der Waals surface area contributed by atoms with E-state index in [-0.39, 0.29) is 0 Å². The number of anilines is 1. The molecule has 1 aromatic rings. The largest absolute Gasteiger partial charge is 0.368 e. The van der Waals surface area contributed by atoms with Crippen LogP contribution in [0.5, 0.6) is 0 Å². The number of benzene rings is 1. The van der Waals surface area contributed by atoms with Gasteiger partial charge in [-0.1, -0.05) is 17.7 Å². The molecule has 0 saturated carbocycles. The number of rotatable bonds is 1. The topological polar surface area (TPSA) is 6.48 Å². The molecule has 2 unspecified atom stereocenters. The van der Waals surface area contributed by atoms with E-state index in [1.165, 1.54) is 16.8 Å². The highest BCUT2D eigenvalue weighted by atomic mass is 15.3. The van der Waals surface area contributed by atoms with Gasteiger partial charge in [0.2, 0.25) is 0 Å². The fraction of sp³-hybridized carbons (Fsp3) is 0.600. The van der Waals surface area contributed by atoms with Crippen LogP contribution in [0.1, 0.15) is 25.0 Å². The van der Waals surface area contributed by atoms with Gasteiger partial charge in [0, 0.05) is 30.9 Å². The molecule has 1 aliphatic heterocycles. The lowest BCUT2D eigenvalue weighted by molar-refractivity contribution is 0.170. The fourth-order valence-electron chi connectivity index (χ4n) is 2.76. The minimum Gasteiger partial charge on any atom is -0.368 e. The van der Waals surface area contributed by atoms with Crippen LogP contribution in [0.25, 0.3) is 0 Å². The van der Waals surface area contributed by atoms with Gasteiger partial charge in [0.15, 0.2) is 0 Å². The molecule has 1 aliphatic rings. The molecule has 0 N–H and O–H groups in total. The van der Waals surface area contributed by atoms with Crippen molar-refractivity contribution in [2.24, 2.45) is 0 Å². The van der Waals surface area contributed by atoms with Gasteiger partial charge in [-0.05, 0) is 46.4 Å². The first-order valence-electron chi connectivity index (χ1n) is 6.53. The number of hydrogen-bond donors (Lipinski definition) is 0. The molecular formula is C15H24N2. The average Bonchev–Trinajstić information content (AvgIpc) is 2.25. The molecule has 0 bridgehead atoms. The summed E-state index contributed by atoms with van der Waals surface area (Å²) in [4.78, 5) is 5.00. The van der Waals surface area contributed by atoms with Crippen LogP contribution < -0.4 is 4.90 Å². The summed E-state index contributed by atoms with van der Waals surface area (Å²) in [6.45, 7) is 11.3. The molecule has 1 saturated heterocycles. The molecule has 17 heavy (non-hydrogen) atoms. The van der Waals surface area contributed by atoms with E-state index in [1.807, 2.05) is 0 Å². The van der Waals surface area contributed by atoms with Crippen molar-refractivity contribution in [2.75, 3.05) is 25.0 Å². The standard InChI is InChI=1S/C15H24N2/c1-11-6-7-15(12(2)8-11)17-9-13(3)16(5)14(4)10-17/h6-8,13-14H,9-10H2,1-5H3. The van der Waals surface area contributed by atoms with Gasteiger partial charge in [0.1, 0.15) is 0 Å². The third kappa shape index (κ3) is 2.47. The van der Waals surface area contributed by atoms with E-state index in [9.17, 15) is 0 Å². The first-order valence-corrected chi connectivity index (χ1v) is 6.53. The predicted molar refractivity (Wildman–Crippen MR) is 74.8 cm³/mol. The van der Waals surface area contributed by atoms with Crippen LogP contribution in [0.2, 0.25) is 0 Å². The molecule has 1 heterocycles. The molecule has 2 rings (SSSR count). The molecule has 0 aliphatic carbocycles. The van der Waals surface area contributed by atoms with Crippen LogP contribution >= 0.6 is 0 Å². The Morgan fingerprint density at radius 2 is 1.65 bits per heavy atom. The van der Waals surface area contributed by atoms with Crippen LogP contribution in [-0.2, 0) is 0 Å². The molecule has 0 amide bonds. The molecule has 0 radical (unpaired) electrons. The van der Waals surface area contributed by atoms with Crippen molar-refractivity contribution in [1.82, 2.24) is 4.90 Å². The zero-order valence-corrected chi connectivity index (χ0v) is 11.7. The molecule has 94 valence electrons. The van der Waals surface area contributed by atoms with Crippen molar-refractivity contribution in [2.45, 2.75) is 39.8 Å². The predicted octanol–water partition coefficient (Wildman–Crippen LogP) is 2.83. The highest BCUT2D eigenvalue weighted by Crippen LogP contribution is 2.25. The van der Waals surface area contributed by atoms with Crippen LogP contribution in [-0.4, -0.2) is 37.1 Å². The van der Waals surface area contributed by atoms with Gasteiger partial charge < -0.3 is 4.90 Å². The van der Waals surface area contributed by atoms with Crippen molar-refractivity contribution in [3.05, 3.63) is 29.3 Å². The molecule has 1 fully saturated rings. The smallest absolute Gasteiger partial charge is 0.0397 e. The Morgan fingerprint density at radius 3 is 2.18 bits per heavy atom. The van der Waals surface area contributed by atoms with Gasteiger partial charge in [0.25, 0.3) is 0 Å². The molecule has 0 aromatic heterocycles. The van der Waals surface area contributed by atoms with Crippen molar-refractivity contribution in [3.8, 4) is 0 Å². The Labute approximate surface area is 105 Å². The Morgan fingerprint density at radius 1 is 1.06 bits per heavy atom. The van der Waals surface area contributed by atoms with Crippen molar-refractivity contribution in [3.63, 3.8) is 0 Å². The van der Waals surface area contributed by atoms with Gasteiger partial charge in [-0.25, -0.2) is 0 Å². The Kier molecular flexibility index (Phi) is 3.43. The van der Waals surface area contributed by atoms with Crippen LogP contribution in [0.4, 0.5) is 5.69 Å². The highest BCUT2D eigenvalue weighted by molar-refractivity contribution is 5.55. The third-order valence-electron chi connectivity index (χ3n) is 4.05. The molecular weight excluding hydrogens is 208 g/mol. The lowest BCUT2D eigenvalue weighted by atomic mass is 10.0. The normalized spacial score (nSPS) is 26.3. The lowest BCUT2D eigenvalue weighted by Crippen LogP contribution is -2.55. The van der Waals surface area contributed by atoms with E-state index in [2.05, 4.69) is 62.7 Å². The van der Waals surface area contributed by atoms with Crippen molar-refractivity contribution in [1.29, 1.82) is 0 Å². The molecule has 2 atom stereocenters. The number of hydrogen-bond acceptors (Lipinski definition) is 2. The summed E-state index contributed by atoms with van der Waals surface area (Å²) < 4.78 is 0. The monoisotopic (exact) mass is 232 g/mol. The lowest BCUT2D eigenvalue weighted by Gasteiger charge is -2.44. The van der Waals surface area contributed by atoms with Crippen molar-refractivity contribution >= 4 is 5.69 Å². The second kappa shape index (κ2) is 4.69. The fourth-order valence-corrected chi connectivity index (χ4v) is 2.76. The molecule has 0 spiro atoms. The van der Waals surface area contributed by atoms with Gasteiger partial charge in [-0.15, -0.1) is 0 Å². The minimum atomic E-state index is 0.624. The number of piperazine rings is 1. The number of nitrogens with zero attached hydrogens (tertiary/aromatic N) is 2. The number of likely N-dealkylation sites (N-methyl/N-ethyl adjacent to an activating group) is 1. The maximum atomic E-state index is 2.53.